The Bertz CT molecular complexity index is 709. The van der Waals surface area contributed by atoms with Crippen LogP contribution in [0.25, 0.3) is 0 Å². The van der Waals surface area contributed by atoms with Crippen LogP contribution < -0.4 is 15.5 Å². The number of nitrogens with one attached hydrogen (secondary N) is 2. The molecule has 0 radical (unpaired) electrons. The predicted octanol–water partition coefficient (Wildman–Crippen LogP) is 2.10. The van der Waals surface area contributed by atoms with E-state index < -0.39 is 0 Å². The molecule has 2 N–H and O–H groups in total. The average Bonchev–Trinajstić information content (AvgIpc) is 3.12. The number of aromatic nitrogens is 2. The third kappa shape index (κ3) is 6.56. The van der Waals surface area contributed by atoms with E-state index in [0.29, 0.717) is 0 Å². The molecule has 0 aliphatic rings. The summed E-state index contributed by atoms with van der Waals surface area (Å²) in [6.45, 7) is 5.86. The SMILES string of the molecule is CCN(CCCNC(=NC)NCC(c1cnn(C)c1)N(C)C)c1ccccc1. The molecule has 0 aliphatic heterocycles. The van der Waals surface area contributed by atoms with E-state index in [2.05, 4.69) is 88.1 Å². The Morgan fingerprint density at radius 3 is 2.54 bits per heavy atom. The zero-order chi connectivity index (χ0) is 20.4. The van der Waals surface area contributed by atoms with Crippen LogP contribution in [0.4, 0.5) is 5.69 Å². The molecule has 0 aliphatic carbocycles. The maximum absolute atomic E-state index is 4.35. The number of hydrogen-bond donors (Lipinski definition) is 2. The lowest BCUT2D eigenvalue weighted by Gasteiger charge is -2.25. The summed E-state index contributed by atoms with van der Waals surface area (Å²) in [6, 6.07) is 10.8. The number of nitrogens with zero attached hydrogens (tertiary/aromatic N) is 5. The van der Waals surface area contributed by atoms with Gasteiger partial charge in [-0.15, -0.1) is 0 Å². The van der Waals surface area contributed by atoms with Gasteiger partial charge in [-0.2, -0.15) is 5.10 Å². The van der Waals surface area contributed by atoms with Crippen molar-refractivity contribution in [2.24, 2.45) is 12.0 Å². The van der Waals surface area contributed by atoms with E-state index in [-0.39, 0.29) is 6.04 Å². The van der Waals surface area contributed by atoms with Gasteiger partial charge in [0.2, 0.25) is 0 Å². The number of aryl methyl sites for hydroxylation is 1. The topological polar surface area (TPSA) is 60.7 Å². The molecular formula is C21H35N7. The Hall–Kier alpha value is -2.54. The van der Waals surface area contributed by atoms with E-state index in [1.54, 1.807) is 0 Å². The van der Waals surface area contributed by atoms with Crippen molar-refractivity contribution in [1.29, 1.82) is 0 Å². The normalized spacial score (nSPS) is 12.9. The van der Waals surface area contributed by atoms with Crippen LogP contribution in [-0.4, -0.2) is 68.0 Å². The average molecular weight is 386 g/mol. The van der Waals surface area contributed by atoms with Gasteiger partial charge in [0.05, 0.1) is 12.2 Å². The molecule has 28 heavy (non-hydrogen) atoms. The highest BCUT2D eigenvalue weighted by molar-refractivity contribution is 5.79. The number of aliphatic imine (C=N–C) groups is 1. The molecule has 1 aromatic carbocycles. The van der Waals surface area contributed by atoms with Crippen molar-refractivity contribution in [2.75, 3.05) is 52.2 Å². The molecule has 1 atom stereocenters. The molecule has 154 valence electrons. The third-order valence-electron chi connectivity index (χ3n) is 4.82. The van der Waals surface area contributed by atoms with Crippen LogP contribution in [0.15, 0.2) is 47.7 Å². The largest absolute Gasteiger partial charge is 0.372 e. The first-order valence-electron chi connectivity index (χ1n) is 9.94. The van der Waals surface area contributed by atoms with Gasteiger partial charge >= 0.3 is 0 Å². The molecule has 1 heterocycles. The molecule has 0 saturated carbocycles. The van der Waals surface area contributed by atoms with Gasteiger partial charge in [-0.05, 0) is 39.6 Å². The third-order valence-corrected chi connectivity index (χ3v) is 4.82. The van der Waals surface area contributed by atoms with Gasteiger partial charge in [0.1, 0.15) is 0 Å². The summed E-state index contributed by atoms with van der Waals surface area (Å²) in [5, 5.41) is 11.2. The lowest BCUT2D eigenvalue weighted by atomic mass is 10.1. The first kappa shape index (κ1) is 21.8. The maximum Gasteiger partial charge on any atom is 0.191 e. The van der Waals surface area contributed by atoms with E-state index >= 15 is 0 Å². The van der Waals surface area contributed by atoms with E-state index in [4.69, 9.17) is 0 Å². The number of benzene rings is 1. The number of anilines is 1. The Kier molecular flexibility index (Phi) is 8.81. The van der Waals surface area contributed by atoms with Crippen molar-refractivity contribution >= 4 is 11.6 Å². The van der Waals surface area contributed by atoms with Gasteiger partial charge in [-0.25, -0.2) is 0 Å². The van der Waals surface area contributed by atoms with E-state index in [9.17, 15) is 0 Å². The first-order chi connectivity index (χ1) is 13.5. The van der Waals surface area contributed by atoms with E-state index in [1.807, 2.05) is 25.0 Å². The second-order valence-corrected chi connectivity index (χ2v) is 7.08. The van der Waals surface area contributed by atoms with E-state index in [0.717, 1.165) is 38.6 Å². The van der Waals surface area contributed by atoms with Gasteiger partial charge in [-0.1, -0.05) is 18.2 Å². The zero-order valence-corrected chi connectivity index (χ0v) is 17.9. The second-order valence-electron chi connectivity index (χ2n) is 7.08. The minimum atomic E-state index is 0.237. The van der Waals surface area contributed by atoms with Gasteiger partial charge in [-0.3, -0.25) is 9.67 Å². The van der Waals surface area contributed by atoms with Crippen molar-refractivity contribution in [3.05, 3.63) is 48.3 Å². The standard InChI is InChI=1S/C21H35N7/c1-6-28(19-11-8-7-9-12-19)14-10-13-23-21(22-2)24-16-20(26(3)4)18-15-25-27(5)17-18/h7-9,11-12,15,17,20H,6,10,13-14,16H2,1-5H3,(H2,22,23,24). The summed E-state index contributed by atoms with van der Waals surface area (Å²) in [6.07, 6.45) is 5.03. The summed E-state index contributed by atoms with van der Waals surface area (Å²) in [5.74, 6) is 0.832. The van der Waals surface area contributed by atoms with Crippen LogP contribution in [0, 0.1) is 0 Å². The summed E-state index contributed by atoms with van der Waals surface area (Å²) in [7, 11) is 7.92. The highest BCUT2D eigenvalue weighted by Crippen LogP contribution is 2.16. The Balaban J connectivity index is 1.77. The molecule has 0 bridgehead atoms. The molecule has 0 fully saturated rings. The van der Waals surface area contributed by atoms with Gasteiger partial charge in [0.15, 0.2) is 5.96 Å². The zero-order valence-electron chi connectivity index (χ0n) is 17.9. The number of likely N-dealkylation sites (N-methyl/N-ethyl adjacent to an activating group) is 1. The highest BCUT2D eigenvalue weighted by atomic mass is 15.3. The Labute approximate surface area is 169 Å². The Morgan fingerprint density at radius 2 is 1.96 bits per heavy atom. The van der Waals surface area contributed by atoms with Gasteiger partial charge < -0.3 is 20.4 Å². The molecule has 0 saturated heterocycles. The van der Waals surface area contributed by atoms with Gasteiger partial charge in [0.25, 0.3) is 0 Å². The lowest BCUT2D eigenvalue weighted by molar-refractivity contribution is 0.298. The summed E-state index contributed by atoms with van der Waals surface area (Å²) >= 11 is 0. The smallest absolute Gasteiger partial charge is 0.191 e. The van der Waals surface area contributed by atoms with Gasteiger partial charge in [0, 0.05) is 57.7 Å². The highest BCUT2D eigenvalue weighted by Gasteiger charge is 2.16. The van der Waals surface area contributed by atoms with Crippen LogP contribution in [0.5, 0.6) is 0 Å². The molecule has 0 spiro atoms. The van der Waals surface area contributed by atoms with Crippen molar-refractivity contribution in [3.63, 3.8) is 0 Å². The molecular weight excluding hydrogens is 350 g/mol. The number of rotatable bonds is 10. The molecule has 1 aromatic heterocycles. The monoisotopic (exact) mass is 385 g/mol. The quantitative estimate of drug-likeness (QED) is 0.373. The molecule has 0 amide bonds. The van der Waals surface area contributed by atoms with Crippen LogP contribution >= 0.6 is 0 Å². The fourth-order valence-corrected chi connectivity index (χ4v) is 3.21. The number of hydrogen-bond acceptors (Lipinski definition) is 4. The summed E-state index contributed by atoms with van der Waals surface area (Å²) in [5.41, 5.74) is 2.47. The fraction of sp³-hybridized carbons (Fsp3) is 0.524. The molecule has 7 nitrogen and oxygen atoms in total. The summed E-state index contributed by atoms with van der Waals surface area (Å²) in [4.78, 5) is 8.94. The minimum Gasteiger partial charge on any atom is -0.372 e. The number of para-hydroxylation sites is 1. The van der Waals surface area contributed by atoms with Crippen molar-refractivity contribution in [2.45, 2.75) is 19.4 Å². The Morgan fingerprint density at radius 1 is 1.21 bits per heavy atom. The van der Waals surface area contributed by atoms with Crippen molar-refractivity contribution < 1.29 is 0 Å². The first-order valence-corrected chi connectivity index (χ1v) is 9.94. The lowest BCUT2D eigenvalue weighted by Crippen LogP contribution is -2.42. The molecule has 2 aromatic rings. The molecule has 7 heteroatoms. The van der Waals surface area contributed by atoms with Crippen LogP contribution in [0.2, 0.25) is 0 Å². The summed E-state index contributed by atoms with van der Waals surface area (Å²) < 4.78 is 1.84. The van der Waals surface area contributed by atoms with E-state index in [1.165, 1.54) is 11.3 Å². The molecule has 1 unspecified atom stereocenters. The molecule has 2 rings (SSSR count). The van der Waals surface area contributed by atoms with Crippen LogP contribution in [0.1, 0.15) is 24.9 Å². The van der Waals surface area contributed by atoms with Crippen molar-refractivity contribution in [3.8, 4) is 0 Å². The maximum atomic E-state index is 4.35. The predicted molar refractivity (Wildman–Crippen MR) is 118 cm³/mol. The van der Waals surface area contributed by atoms with Crippen LogP contribution in [0.3, 0.4) is 0 Å². The second kappa shape index (κ2) is 11.3. The number of guanidine groups is 1. The van der Waals surface area contributed by atoms with Crippen LogP contribution in [-0.2, 0) is 7.05 Å². The minimum absolute atomic E-state index is 0.237. The fourth-order valence-electron chi connectivity index (χ4n) is 3.21. The van der Waals surface area contributed by atoms with Crippen molar-refractivity contribution in [1.82, 2.24) is 25.3 Å².